The van der Waals surface area contributed by atoms with Crippen molar-refractivity contribution in [3.63, 3.8) is 0 Å². The average Bonchev–Trinajstić information content (AvgIpc) is 3.31. The third-order valence-electron chi connectivity index (χ3n) is 6.37. The maximum Gasteiger partial charge on any atom is 0.270 e. The molecule has 0 bridgehead atoms. The molecule has 0 spiro atoms. The fraction of sp³-hybridized carbons (Fsp3) is 0.385. The lowest BCUT2D eigenvalue weighted by molar-refractivity contribution is 0.0984. The van der Waals surface area contributed by atoms with Gasteiger partial charge in [0.15, 0.2) is 11.5 Å². The van der Waals surface area contributed by atoms with Crippen molar-refractivity contribution in [2.45, 2.75) is 25.7 Å². The number of ether oxygens (including phenoxy) is 2. The van der Waals surface area contributed by atoms with Gasteiger partial charge in [-0.05, 0) is 50.2 Å². The molecule has 1 aromatic heterocycles. The Morgan fingerprint density at radius 3 is 2.59 bits per heavy atom. The van der Waals surface area contributed by atoms with Crippen molar-refractivity contribution >= 4 is 34.5 Å². The molecule has 0 radical (unpaired) electrons. The quantitative estimate of drug-likeness (QED) is 0.429. The minimum absolute atomic E-state index is 0.0280. The normalized spacial score (nSPS) is 16.4. The molecule has 8 heteroatoms. The Hall–Kier alpha value is -2.61. The maximum atomic E-state index is 13.3. The topological polar surface area (TPSA) is 54.9 Å². The van der Waals surface area contributed by atoms with E-state index in [9.17, 15) is 4.79 Å². The maximum absolute atomic E-state index is 13.3. The number of carbonyl (C=O) groups is 1. The summed E-state index contributed by atoms with van der Waals surface area (Å²) in [6.07, 6.45) is 4.57. The molecule has 6 nitrogen and oxygen atoms in total. The molecule has 34 heavy (non-hydrogen) atoms. The van der Waals surface area contributed by atoms with Crippen molar-refractivity contribution in [2.75, 3.05) is 44.8 Å². The van der Waals surface area contributed by atoms with Crippen molar-refractivity contribution in [2.24, 2.45) is 0 Å². The first kappa shape index (κ1) is 23.1. The van der Waals surface area contributed by atoms with E-state index in [0.717, 1.165) is 41.6 Å². The summed E-state index contributed by atoms with van der Waals surface area (Å²) in [5.41, 5.74) is 2.63. The predicted molar refractivity (Wildman–Crippen MR) is 137 cm³/mol. The van der Waals surface area contributed by atoms with Crippen LogP contribution in [0.1, 0.15) is 34.6 Å². The number of aromatic nitrogens is 1. The third-order valence-corrected chi connectivity index (χ3v) is 7.76. The highest BCUT2D eigenvalue weighted by Crippen LogP contribution is 2.37. The minimum atomic E-state index is -0.0280. The molecule has 2 aliphatic heterocycles. The molecule has 0 saturated carbocycles. The second-order valence-corrected chi connectivity index (χ2v) is 10.0. The van der Waals surface area contributed by atoms with Crippen LogP contribution in [0.15, 0.2) is 42.5 Å². The van der Waals surface area contributed by atoms with Gasteiger partial charge in [-0.1, -0.05) is 30.2 Å². The van der Waals surface area contributed by atoms with Crippen LogP contribution < -0.4 is 14.4 Å². The molecule has 0 aliphatic carbocycles. The summed E-state index contributed by atoms with van der Waals surface area (Å²) in [6.45, 7) is 4.41. The zero-order valence-electron chi connectivity index (χ0n) is 19.3. The van der Waals surface area contributed by atoms with Crippen LogP contribution in [0.3, 0.4) is 0 Å². The Morgan fingerprint density at radius 1 is 1.03 bits per heavy atom. The average molecular weight is 498 g/mol. The largest absolute Gasteiger partial charge is 0.493 e. The number of anilines is 1. The van der Waals surface area contributed by atoms with Gasteiger partial charge < -0.3 is 14.4 Å². The highest BCUT2D eigenvalue weighted by atomic mass is 35.5. The molecule has 2 aromatic carbocycles. The number of likely N-dealkylation sites (tertiary alicyclic amines) is 1. The van der Waals surface area contributed by atoms with E-state index in [4.69, 9.17) is 26.1 Å². The number of thiazole rings is 1. The summed E-state index contributed by atoms with van der Waals surface area (Å²) in [5, 5.41) is 1.52. The molecule has 178 valence electrons. The van der Waals surface area contributed by atoms with Gasteiger partial charge in [0, 0.05) is 41.9 Å². The lowest BCUT2D eigenvalue weighted by atomic mass is 10.1. The van der Waals surface area contributed by atoms with Crippen molar-refractivity contribution in [3.8, 4) is 22.1 Å². The van der Waals surface area contributed by atoms with Gasteiger partial charge in [-0.15, -0.1) is 11.3 Å². The number of methoxy groups -OCH3 is 1. The lowest BCUT2D eigenvalue weighted by Gasteiger charge is -2.27. The molecule has 0 atom stereocenters. The van der Waals surface area contributed by atoms with Gasteiger partial charge in [0.25, 0.3) is 5.91 Å². The summed E-state index contributed by atoms with van der Waals surface area (Å²) >= 11 is 7.44. The number of fused-ring (bicyclic) bond motifs is 1. The smallest absolute Gasteiger partial charge is 0.270 e. The van der Waals surface area contributed by atoms with Gasteiger partial charge in [-0.25, -0.2) is 4.98 Å². The Kier molecular flexibility index (Phi) is 7.04. The van der Waals surface area contributed by atoms with Crippen LogP contribution in [0.5, 0.6) is 11.5 Å². The summed E-state index contributed by atoms with van der Waals surface area (Å²) in [4.78, 5) is 23.0. The standard InChI is InChI=1S/C26H28ClN3O3S/c1-32-23-17-20(9-10-22(23)33-16-15-29-12-3-2-4-13-29)30-14-11-21-24(26(30)31)34-25(28-21)18-5-7-19(27)8-6-18/h5-10,17H,2-4,11-16H2,1H3. The molecule has 2 aliphatic rings. The first-order valence-corrected chi connectivity index (χ1v) is 12.9. The van der Waals surface area contributed by atoms with Gasteiger partial charge in [-0.3, -0.25) is 9.69 Å². The van der Waals surface area contributed by atoms with Crippen molar-refractivity contribution in [1.29, 1.82) is 0 Å². The van der Waals surface area contributed by atoms with E-state index in [1.807, 2.05) is 42.5 Å². The first-order chi connectivity index (χ1) is 16.6. The summed E-state index contributed by atoms with van der Waals surface area (Å²) < 4.78 is 11.6. The van der Waals surface area contributed by atoms with Gasteiger partial charge >= 0.3 is 0 Å². The van der Waals surface area contributed by atoms with Crippen LogP contribution in [0, 0.1) is 0 Å². The molecule has 3 heterocycles. The Labute approximate surface area is 209 Å². The fourth-order valence-corrected chi connectivity index (χ4v) is 5.70. The minimum Gasteiger partial charge on any atom is -0.493 e. The SMILES string of the molecule is COc1cc(N2CCc3nc(-c4ccc(Cl)cc4)sc3C2=O)ccc1OCCN1CCCCC1. The fourth-order valence-electron chi connectivity index (χ4n) is 4.50. The van der Waals surface area contributed by atoms with Crippen LogP contribution in [0.4, 0.5) is 5.69 Å². The second kappa shape index (κ2) is 10.3. The summed E-state index contributed by atoms with van der Waals surface area (Å²) in [6, 6.07) is 13.3. The van der Waals surface area contributed by atoms with Crippen LogP contribution in [0.2, 0.25) is 5.02 Å². The Morgan fingerprint density at radius 2 is 1.82 bits per heavy atom. The number of hydrogen-bond donors (Lipinski definition) is 0. The van der Waals surface area contributed by atoms with Crippen LogP contribution in [-0.2, 0) is 6.42 Å². The van der Waals surface area contributed by atoms with E-state index in [2.05, 4.69) is 4.90 Å². The molecule has 0 unspecified atom stereocenters. The van der Waals surface area contributed by atoms with Crippen LogP contribution in [-0.4, -0.2) is 55.7 Å². The van der Waals surface area contributed by atoms with Gasteiger partial charge in [0.05, 0.1) is 12.8 Å². The zero-order chi connectivity index (χ0) is 23.5. The summed E-state index contributed by atoms with van der Waals surface area (Å²) in [7, 11) is 1.63. The molecular weight excluding hydrogens is 470 g/mol. The van der Waals surface area contributed by atoms with Crippen LogP contribution >= 0.6 is 22.9 Å². The number of benzene rings is 2. The number of hydrogen-bond acceptors (Lipinski definition) is 6. The number of carbonyl (C=O) groups excluding carboxylic acids is 1. The van der Waals surface area contributed by atoms with Crippen molar-refractivity contribution in [3.05, 3.63) is 58.1 Å². The highest BCUT2D eigenvalue weighted by Gasteiger charge is 2.30. The van der Waals surface area contributed by atoms with E-state index in [-0.39, 0.29) is 5.91 Å². The monoisotopic (exact) mass is 497 g/mol. The molecule has 3 aromatic rings. The van der Waals surface area contributed by atoms with E-state index >= 15 is 0 Å². The van der Waals surface area contributed by atoms with E-state index in [1.54, 1.807) is 12.0 Å². The Balaban J connectivity index is 1.29. The van der Waals surface area contributed by atoms with Crippen molar-refractivity contribution < 1.29 is 14.3 Å². The zero-order valence-corrected chi connectivity index (χ0v) is 20.8. The lowest BCUT2D eigenvalue weighted by Crippen LogP contribution is -2.36. The van der Waals surface area contributed by atoms with Crippen molar-refractivity contribution in [1.82, 2.24) is 9.88 Å². The molecular formula is C26H28ClN3O3S. The van der Waals surface area contributed by atoms with E-state index in [1.165, 1.54) is 30.6 Å². The van der Waals surface area contributed by atoms with Crippen LogP contribution in [0.25, 0.3) is 10.6 Å². The number of piperidine rings is 1. The highest BCUT2D eigenvalue weighted by molar-refractivity contribution is 7.17. The molecule has 0 N–H and O–H groups in total. The number of rotatable bonds is 7. The molecule has 1 fully saturated rings. The third kappa shape index (κ3) is 4.92. The number of halogens is 1. The molecule has 1 amide bonds. The summed E-state index contributed by atoms with van der Waals surface area (Å²) in [5.74, 6) is 1.32. The number of nitrogens with zero attached hydrogens (tertiary/aromatic N) is 3. The van der Waals surface area contributed by atoms with Gasteiger partial charge in [-0.2, -0.15) is 0 Å². The molecule has 5 rings (SSSR count). The number of amides is 1. The first-order valence-electron chi connectivity index (χ1n) is 11.7. The molecule has 1 saturated heterocycles. The Bertz CT molecular complexity index is 1160. The second-order valence-electron chi connectivity index (χ2n) is 8.59. The van der Waals surface area contributed by atoms with E-state index in [0.29, 0.717) is 41.0 Å². The van der Waals surface area contributed by atoms with Gasteiger partial charge in [0.1, 0.15) is 16.5 Å². The van der Waals surface area contributed by atoms with E-state index < -0.39 is 0 Å². The van der Waals surface area contributed by atoms with Gasteiger partial charge in [0.2, 0.25) is 0 Å². The predicted octanol–water partition coefficient (Wildman–Crippen LogP) is 5.54.